The minimum absolute atomic E-state index is 0.0863. The van der Waals surface area contributed by atoms with E-state index in [9.17, 15) is 14.9 Å². The first-order valence-electron chi connectivity index (χ1n) is 10.1. The van der Waals surface area contributed by atoms with E-state index >= 15 is 0 Å². The zero-order valence-electron chi connectivity index (χ0n) is 16.9. The number of amides is 1. The van der Waals surface area contributed by atoms with Gasteiger partial charge >= 0.3 is 0 Å². The largest absolute Gasteiger partial charge is 0.378 e. The van der Waals surface area contributed by atoms with Gasteiger partial charge < -0.3 is 19.9 Å². The van der Waals surface area contributed by atoms with Gasteiger partial charge in [0.15, 0.2) is 0 Å². The number of aromatic nitrogens is 2. The number of nitro benzene ring substituents is 1. The van der Waals surface area contributed by atoms with Gasteiger partial charge in [-0.25, -0.2) is 4.98 Å². The molecule has 1 amide bonds. The molecule has 160 valence electrons. The van der Waals surface area contributed by atoms with E-state index < -0.39 is 4.92 Å². The molecule has 0 bridgehead atoms. The first-order chi connectivity index (χ1) is 15.1. The molecule has 1 aliphatic rings. The van der Waals surface area contributed by atoms with Crippen LogP contribution in [0.1, 0.15) is 27.8 Å². The zero-order valence-corrected chi connectivity index (χ0v) is 16.9. The Balaban J connectivity index is 1.58. The molecule has 1 saturated heterocycles. The first kappa shape index (κ1) is 20.5. The van der Waals surface area contributed by atoms with Crippen LogP contribution in [0.25, 0.3) is 0 Å². The second-order valence-electron chi connectivity index (χ2n) is 7.24. The quantitative estimate of drug-likeness (QED) is 0.448. The molecule has 1 atom stereocenters. The van der Waals surface area contributed by atoms with Crippen LogP contribution in [0.5, 0.6) is 0 Å². The summed E-state index contributed by atoms with van der Waals surface area (Å²) in [7, 11) is 0. The normalized spacial score (nSPS) is 14.8. The van der Waals surface area contributed by atoms with Crippen molar-refractivity contribution in [1.29, 1.82) is 0 Å². The van der Waals surface area contributed by atoms with Gasteiger partial charge in [0.05, 0.1) is 24.2 Å². The molecule has 2 aromatic carbocycles. The molecule has 4 rings (SSSR count). The van der Waals surface area contributed by atoms with E-state index in [2.05, 4.69) is 15.3 Å². The van der Waals surface area contributed by atoms with Crippen molar-refractivity contribution in [2.75, 3.05) is 31.2 Å². The fraction of sp³-hybridized carbons (Fsp3) is 0.273. The maximum absolute atomic E-state index is 13.0. The average Bonchev–Trinajstić information content (AvgIpc) is 3.32. The van der Waals surface area contributed by atoms with Crippen LogP contribution >= 0.6 is 0 Å². The van der Waals surface area contributed by atoms with Crippen LogP contribution in [0.2, 0.25) is 0 Å². The van der Waals surface area contributed by atoms with Crippen molar-refractivity contribution in [3.63, 3.8) is 0 Å². The van der Waals surface area contributed by atoms with Crippen LogP contribution in [0.3, 0.4) is 0 Å². The number of nitrogens with one attached hydrogen (secondary N) is 2. The van der Waals surface area contributed by atoms with Crippen LogP contribution in [-0.2, 0) is 11.2 Å². The maximum atomic E-state index is 13.0. The predicted molar refractivity (Wildman–Crippen MR) is 115 cm³/mol. The van der Waals surface area contributed by atoms with Crippen LogP contribution < -0.4 is 10.2 Å². The van der Waals surface area contributed by atoms with E-state index in [1.165, 1.54) is 6.07 Å². The van der Waals surface area contributed by atoms with Gasteiger partial charge in [-0.05, 0) is 17.7 Å². The first-order valence-corrected chi connectivity index (χ1v) is 10.1. The third-order valence-electron chi connectivity index (χ3n) is 5.25. The van der Waals surface area contributed by atoms with Crippen molar-refractivity contribution in [3.05, 3.63) is 88.0 Å². The number of nitro groups is 1. The minimum atomic E-state index is -0.445. The topological polar surface area (TPSA) is 113 Å². The third kappa shape index (κ3) is 4.89. The number of aromatic amines is 1. The van der Waals surface area contributed by atoms with E-state index in [4.69, 9.17) is 4.74 Å². The third-order valence-corrected chi connectivity index (χ3v) is 5.25. The smallest absolute Gasteiger partial charge is 0.293 e. The van der Waals surface area contributed by atoms with Crippen LogP contribution in [0, 0.1) is 10.1 Å². The van der Waals surface area contributed by atoms with Crippen molar-refractivity contribution in [3.8, 4) is 0 Å². The lowest BCUT2D eigenvalue weighted by atomic mass is 10.0. The molecule has 1 fully saturated rings. The molecule has 1 aromatic heterocycles. The molecule has 0 aliphatic carbocycles. The number of rotatable bonds is 7. The number of morpholine rings is 1. The SMILES string of the molecule is O=C(NC(Cc1ncc[nH]1)c1ccccc1)c1ccc(N2CCOCC2)c([N+](=O)[O-])c1. The highest BCUT2D eigenvalue weighted by atomic mass is 16.6. The summed E-state index contributed by atoms with van der Waals surface area (Å²) in [5.41, 5.74) is 1.58. The van der Waals surface area contributed by atoms with Crippen LogP contribution in [0.4, 0.5) is 11.4 Å². The summed E-state index contributed by atoms with van der Waals surface area (Å²) >= 11 is 0. The van der Waals surface area contributed by atoms with Crippen molar-refractivity contribution in [2.45, 2.75) is 12.5 Å². The van der Waals surface area contributed by atoms with Crippen molar-refractivity contribution in [1.82, 2.24) is 15.3 Å². The second kappa shape index (κ2) is 9.40. The molecule has 9 heteroatoms. The molecule has 2 heterocycles. The lowest BCUT2D eigenvalue weighted by molar-refractivity contribution is -0.384. The van der Waals surface area contributed by atoms with Gasteiger partial charge in [0.2, 0.25) is 0 Å². The lowest BCUT2D eigenvalue weighted by Crippen LogP contribution is -2.36. The summed E-state index contributed by atoms with van der Waals surface area (Å²) in [5.74, 6) is 0.361. The number of anilines is 1. The summed E-state index contributed by atoms with van der Waals surface area (Å²) < 4.78 is 5.33. The number of benzene rings is 2. The second-order valence-corrected chi connectivity index (χ2v) is 7.24. The molecule has 1 aliphatic heterocycles. The summed E-state index contributed by atoms with van der Waals surface area (Å²) in [6.07, 6.45) is 3.86. The highest BCUT2D eigenvalue weighted by molar-refractivity contribution is 5.96. The van der Waals surface area contributed by atoms with Crippen molar-refractivity contribution in [2.24, 2.45) is 0 Å². The van der Waals surface area contributed by atoms with E-state index in [-0.39, 0.29) is 23.2 Å². The molecule has 3 aromatic rings. The van der Waals surface area contributed by atoms with Crippen molar-refractivity contribution < 1.29 is 14.5 Å². The number of H-pyrrole nitrogens is 1. The average molecular weight is 421 g/mol. The van der Waals surface area contributed by atoms with E-state index in [0.717, 1.165) is 11.4 Å². The van der Waals surface area contributed by atoms with Gasteiger partial charge in [-0.3, -0.25) is 14.9 Å². The number of carbonyl (C=O) groups excluding carboxylic acids is 1. The van der Waals surface area contributed by atoms with Crippen LogP contribution in [0.15, 0.2) is 60.9 Å². The Bertz CT molecular complexity index is 1030. The standard InChI is InChI=1S/C22H23N5O4/c28-22(25-18(15-21-23-8-9-24-21)16-4-2-1-3-5-16)17-6-7-19(20(14-17)27(29)30)26-10-12-31-13-11-26/h1-9,14,18H,10-13,15H2,(H,23,24)(H,25,28). The number of carbonyl (C=O) groups is 1. The number of ether oxygens (including phenoxy) is 1. The molecule has 0 spiro atoms. The highest BCUT2D eigenvalue weighted by Gasteiger charge is 2.24. The molecule has 9 nitrogen and oxygen atoms in total. The monoisotopic (exact) mass is 421 g/mol. The Morgan fingerprint density at radius 1 is 1.23 bits per heavy atom. The van der Waals surface area contributed by atoms with Crippen LogP contribution in [-0.4, -0.2) is 47.1 Å². The summed E-state index contributed by atoms with van der Waals surface area (Å²) in [6.45, 7) is 2.19. The molecular formula is C22H23N5O4. The van der Waals surface area contributed by atoms with E-state index in [1.807, 2.05) is 35.2 Å². The molecule has 1 unspecified atom stereocenters. The number of hydrogen-bond donors (Lipinski definition) is 2. The maximum Gasteiger partial charge on any atom is 0.293 e. The molecular weight excluding hydrogens is 398 g/mol. The molecule has 31 heavy (non-hydrogen) atoms. The van der Waals surface area contributed by atoms with Crippen molar-refractivity contribution >= 4 is 17.3 Å². The van der Waals surface area contributed by atoms with Gasteiger partial charge in [0, 0.05) is 43.5 Å². The Morgan fingerprint density at radius 3 is 2.68 bits per heavy atom. The van der Waals surface area contributed by atoms with Gasteiger partial charge in [0.25, 0.3) is 11.6 Å². The molecule has 0 radical (unpaired) electrons. The summed E-state index contributed by atoms with van der Waals surface area (Å²) in [5, 5.41) is 14.7. The zero-order chi connectivity index (χ0) is 21.6. The molecule has 2 N–H and O–H groups in total. The van der Waals surface area contributed by atoms with Gasteiger partial charge in [-0.2, -0.15) is 0 Å². The number of nitrogens with zero attached hydrogens (tertiary/aromatic N) is 3. The number of imidazole rings is 1. The van der Waals surface area contributed by atoms with E-state index in [1.54, 1.807) is 24.5 Å². The Kier molecular flexibility index (Phi) is 6.23. The molecule has 0 saturated carbocycles. The summed E-state index contributed by atoms with van der Waals surface area (Å²) in [4.78, 5) is 33.5. The van der Waals surface area contributed by atoms with Gasteiger partial charge in [-0.1, -0.05) is 30.3 Å². The fourth-order valence-corrected chi connectivity index (χ4v) is 3.66. The predicted octanol–water partition coefficient (Wildman–Crippen LogP) is 2.87. The summed E-state index contributed by atoms with van der Waals surface area (Å²) in [6, 6.07) is 13.8. The van der Waals surface area contributed by atoms with Gasteiger partial charge in [-0.15, -0.1) is 0 Å². The number of hydrogen-bond acceptors (Lipinski definition) is 6. The highest BCUT2D eigenvalue weighted by Crippen LogP contribution is 2.30. The fourth-order valence-electron chi connectivity index (χ4n) is 3.66. The lowest BCUT2D eigenvalue weighted by Gasteiger charge is -2.28. The Morgan fingerprint density at radius 2 is 2.00 bits per heavy atom. The Labute approximate surface area is 179 Å². The van der Waals surface area contributed by atoms with Gasteiger partial charge in [0.1, 0.15) is 11.5 Å². The van der Waals surface area contributed by atoms with E-state index in [0.29, 0.717) is 38.4 Å². The minimum Gasteiger partial charge on any atom is -0.378 e. The Hall–Kier alpha value is -3.72.